The third-order valence-corrected chi connectivity index (χ3v) is 24.9. The Morgan fingerprint density at radius 3 is 0.484 bits per heavy atom. The van der Waals surface area contributed by atoms with Crippen LogP contribution in [0.2, 0.25) is 37.3 Å². The standard InChI is InChI=1S/C60H118Si2/c1-7-11-15-19-23-25-27-29-31-33-35-37-39-41-45-49-57-61(5,55-47-43-21-17-13-9-3)59-51-53-60(54-52-59)62(6,56-48-44-22-18-14-10-4)58-50-46-42-40-38-36-34-32-30-28-26-24-20-16-12-8-2/h51-54H,7-50,55-58H2,1-6H3. The van der Waals surface area contributed by atoms with E-state index in [1.807, 2.05) is 0 Å². The molecule has 0 spiro atoms. The molecule has 2 unspecified atom stereocenters. The average Bonchev–Trinajstić information content (AvgIpc) is 3.28. The molecule has 0 aliphatic carbocycles. The van der Waals surface area contributed by atoms with Crippen molar-refractivity contribution in [3.63, 3.8) is 0 Å². The van der Waals surface area contributed by atoms with Crippen molar-refractivity contribution in [2.45, 2.75) is 347 Å². The molecule has 0 heterocycles. The lowest BCUT2D eigenvalue weighted by atomic mass is 10.0. The van der Waals surface area contributed by atoms with Crippen molar-refractivity contribution in [2.24, 2.45) is 0 Å². The van der Waals surface area contributed by atoms with Crippen molar-refractivity contribution in [2.75, 3.05) is 0 Å². The Kier molecular flexibility index (Phi) is 42.8. The average molecular weight is 896 g/mol. The van der Waals surface area contributed by atoms with Gasteiger partial charge < -0.3 is 0 Å². The van der Waals surface area contributed by atoms with Gasteiger partial charge in [-0.3, -0.25) is 0 Å². The predicted octanol–water partition coefficient (Wildman–Crippen LogP) is 21.5. The lowest BCUT2D eigenvalue weighted by Gasteiger charge is -2.32. The molecule has 0 nitrogen and oxygen atoms in total. The van der Waals surface area contributed by atoms with Gasteiger partial charge in [0.15, 0.2) is 0 Å². The molecule has 0 N–H and O–H groups in total. The Bertz CT molecular complexity index is 937. The van der Waals surface area contributed by atoms with E-state index in [1.165, 1.54) is 307 Å². The summed E-state index contributed by atoms with van der Waals surface area (Å²) in [6, 6.07) is 16.9. The number of unbranched alkanes of at least 4 members (excludes halogenated alkanes) is 40. The molecule has 366 valence electrons. The van der Waals surface area contributed by atoms with E-state index in [0.717, 1.165) is 0 Å². The number of benzene rings is 1. The minimum atomic E-state index is -1.48. The molecule has 0 saturated heterocycles. The Balaban J connectivity index is 2.63. The van der Waals surface area contributed by atoms with Crippen LogP contribution in [0.15, 0.2) is 24.3 Å². The molecule has 62 heavy (non-hydrogen) atoms. The van der Waals surface area contributed by atoms with Crippen LogP contribution in [0.25, 0.3) is 0 Å². The van der Waals surface area contributed by atoms with Crippen LogP contribution in [-0.4, -0.2) is 16.1 Å². The van der Waals surface area contributed by atoms with Crippen LogP contribution in [0, 0.1) is 0 Å². The van der Waals surface area contributed by atoms with Crippen molar-refractivity contribution in [3.05, 3.63) is 24.3 Å². The summed E-state index contributed by atoms with van der Waals surface area (Å²) in [5, 5.41) is 3.60. The maximum absolute atomic E-state index is 2.79. The zero-order valence-electron chi connectivity index (χ0n) is 44.3. The molecule has 0 aromatic heterocycles. The minimum absolute atomic E-state index is 1.36. The van der Waals surface area contributed by atoms with Gasteiger partial charge in [-0.05, 0) is 0 Å². The van der Waals surface area contributed by atoms with Gasteiger partial charge >= 0.3 is 0 Å². The van der Waals surface area contributed by atoms with E-state index in [0.29, 0.717) is 0 Å². The minimum Gasteiger partial charge on any atom is -0.0654 e. The fourth-order valence-corrected chi connectivity index (χ4v) is 18.5. The third kappa shape index (κ3) is 34.0. The molecule has 0 bridgehead atoms. The summed E-state index contributed by atoms with van der Waals surface area (Å²) in [6.45, 7) is 14.9. The zero-order chi connectivity index (χ0) is 44.9. The molecule has 1 rings (SSSR count). The van der Waals surface area contributed by atoms with Crippen LogP contribution in [0.5, 0.6) is 0 Å². The lowest BCUT2D eigenvalue weighted by Crippen LogP contribution is -2.48. The quantitative estimate of drug-likeness (QED) is 0.0452. The summed E-state index contributed by atoms with van der Waals surface area (Å²) in [7, 11) is -2.95. The van der Waals surface area contributed by atoms with Gasteiger partial charge in [0.05, 0.1) is 16.1 Å². The van der Waals surface area contributed by atoms with E-state index in [1.54, 1.807) is 10.4 Å². The summed E-state index contributed by atoms with van der Waals surface area (Å²) < 4.78 is 0. The Labute approximate surface area is 396 Å². The second-order valence-corrected chi connectivity index (χ2v) is 31.2. The van der Waals surface area contributed by atoms with Crippen molar-refractivity contribution in [3.8, 4) is 0 Å². The zero-order valence-corrected chi connectivity index (χ0v) is 46.3. The Hall–Kier alpha value is -0.346. The van der Waals surface area contributed by atoms with Crippen LogP contribution in [0.3, 0.4) is 0 Å². The van der Waals surface area contributed by atoms with Gasteiger partial charge in [-0.2, -0.15) is 0 Å². The molecular formula is C60H118Si2. The first-order valence-electron chi connectivity index (χ1n) is 29.6. The fraction of sp³-hybridized carbons (Fsp3) is 0.900. The van der Waals surface area contributed by atoms with Gasteiger partial charge in [0.25, 0.3) is 0 Å². The Morgan fingerprint density at radius 1 is 0.210 bits per heavy atom. The third-order valence-electron chi connectivity index (χ3n) is 15.6. The maximum atomic E-state index is 2.79. The van der Waals surface area contributed by atoms with Crippen LogP contribution in [0.1, 0.15) is 310 Å². The van der Waals surface area contributed by atoms with E-state index >= 15 is 0 Å². The van der Waals surface area contributed by atoms with Gasteiger partial charge in [-0.25, -0.2) is 0 Å². The van der Waals surface area contributed by atoms with E-state index in [2.05, 4.69) is 65.1 Å². The first kappa shape index (κ1) is 59.7. The summed E-state index contributed by atoms with van der Waals surface area (Å²) >= 11 is 0. The number of rotatable bonds is 50. The van der Waals surface area contributed by atoms with Gasteiger partial charge in [0.2, 0.25) is 0 Å². The van der Waals surface area contributed by atoms with Crippen LogP contribution >= 0.6 is 0 Å². The normalized spacial score (nSPS) is 13.8. The smallest absolute Gasteiger partial charge is 0.0654 e. The largest absolute Gasteiger partial charge is 0.0836 e. The summed E-state index contributed by atoms with van der Waals surface area (Å²) in [4.78, 5) is 0. The second kappa shape index (κ2) is 44.5. The van der Waals surface area contributed by atoms with Crippen LogP contribution in [-0.2, 0) is 0 Å². The van der Waals surface area contributed by atoms with E-state index in [4.69, 9.17) is 0 Å². The summed E-state index contributed by atoms with van der Waals surface area (Å²) in [5.41, 5.74) is 0. The topological polar surface area (TPSA) is 0 Å². The second-order valence-electron chi connectivity index (χ2n) is 21.8. The highest BCUT2D eigenvalue weighted by atomic mass is 28.3. The van der Waals surface area contributed by atoms with Crippen molar-refractivity contribution < 1.29 is 0 Å². The van der Waals surface area contributed by atoms with Crippen molar-refractivity contribution >= 4 is 26.5 Å². The highest BCUT2D eigenvalue weighted by Gasteiger charge is 2.31. The monoisotopic (exact) mass is 895 g/mol. The molecule has 0 radical (unpaired) electrons. The molecule has 0 aliphatic rings. The highest BCUT2D eigenvalue weighted by Crippen LogP contribution is 2.27. The molecule has 2 heteroatoms. The van der Waals surface area contributed by atoms with Gasteiger partial charge in [0.1, 0.15) is 0 Å². The number of hydrogen-bond donors (Lipinski definition) is 0. The Morgan fingerprint density at radius 2 is 0.339 bits per heavy atom. The van der Waals surface area contributed by atoms with E-state index < -0.39 is 16.1 Å². The highest BCUT2D eigenvalue weighted by molar-refractivity contribution is 6.92. The molecule has 0 amide bonds. The molecule has 0 fully saturated rings. The predicted molar refractivity (Wildman–Crippen MR) is 294 cm³/mol. The molecule has 0 saturated carbocycles. The van der Waals surface area contributed by atoms with Crippen molar-refractivity contribution in [1.29, 1.82) is 0 Å². The van der Waals surface area contributed by atoms with Crippen LogP contribution < -0.4 is 10.4 Å². The maximum Gasteiger partial charge on any atom is 0.0836 e. The lowest BCUT2D eigenvalue weighted by molar-refractivity contribution is 0.531. The molecule has 1 aromatic rings. The summed E-state index contributed by atoms with van der Waals surface area (Å²) in [5.74, 6) is 0. The SMILES string of the molecule is CCCCCCCCCCCCCCCCCC[Si](C)(CCCCCCCC)c1ccc([Si](C)(CCCCCCCC)CCCCCCCCCCCCCCCCCC)cc1. The fourth-order valence-electron chi connectivity index (χ4n) is 10.8. The van der Waals surface area contributed by atoms with Crippen LogP contribution in [0.4, 0.5) is 0 Å². The summed E-state index contributed by atoms with van der Waals surface area (Å²) in [6.07, 6.45) is 64.2. The van der Waals surface area contributed by atoms with Gasteiger partial charge in [0, 0.05) is 0 Å². The molecule has 1 aromatic carbocycles. The van der Waals surface area contributed by atoms with Gasteiger partial charge in [-0.15, -0.1) is 0 Å². The first-order chi connectivity index (χ1) is 30.5. The van der Waals surface area contributed by atoms with Gasteiger partial charge in [-0.1, -0.05) is 382 Å². The molecular weight excluding hydrogens is 777 g/mol. The van der Waals surface area contributed by atoms with Crippen molar-refractivity contribution in [1.82, 2.24) is 0 Å². The first-order valence-corrected chi connectivity index (χ1v) is 35.4. The van der Waals surface area contributed by atoms with E-state index in [-0.39, 0.29) is 0 Å². The number of hydrogen-bond acceptors (Lipinski definition) is 0. The molecule has 0 aliphatic heterocycles. The van der Waals surface area contributed by atoms with E-state index in [9.17, 15) is 0 Å². The molecule has 2 atom stereocenters.